The molecule has 0 unspecified atom stereocenters. The van der Waals surface area contributed by atoms with E-state index in [2.05, 4.69) is 79.7 Å². The summed E-state index contributed by atoms with van der Waals surface area (Å²) in [5.41, 5.74) is 5.87. The maximum atomic E-state index is 4.99. The zero-order valence-corrected chi connectivity index (χ0v) is 14.3. The van der Waals surface area contributed by atoms with Crippen LogP contribution in [0, 0.1) is 6.92 Å². The van der Waals surface area contributed by atoms with Crippen molar-refractivity contribution in [3.8, 4) is 32.3 Å². The first-order valence-corrected chi connectivity index (χ1v) is 8.81. The van der Waals surface area contributed by atoms with E-state index in [9.17, 15) is 0 Å². The van der Waals surface area contributed by atoms with Crippen LogP contribution in [0.3, 0.4) is 0 Å². The molecule has 2 heteroatoms. The molecule has 24 heavy (non-hydrogen) atoms. The van der Waals surface area contributed by atoms with E-state index < -0.39 is 0 Å². The van der Waals surface area contributed by atoms with Crippen LogP contribution in [0.2, 0.25) is 0 Å². The smallest absolute Gasteiger partial charge is 0.124 e. The average Bonchev–Trinajstić information content (AvgIpc) is 3.09. The Morgan fingerprint density at radius 2 is 1.29 bits per heavy atom. The lowest BCUT2D eigenvalue weighted by molar-refractivity contribution is 1.39. The number of hydrogen-bond donors (Lipinski definition) is 0. The highest BCUT2D eigenvalue weighted by Crippen LogP contribution is 2.40. The second-order valence-corrected chi connectivity index (χ2v) is 6.80. The third kappa shape index (κ3) is 2.89. The van der Waals surface area contributed by atoms with Gasteiger partial charge in [-0.3, -0.25) is 0 Å². The highest BCUT2D eigenvalue weighted by Gasteiger charge is 2.15. The molecule has 0 aliphatic rings. The van der Waals surface area contributed by atoms with Gasteiger partial charge in [-0.2, -0.15) is 0 Å². The summed E-state index contributed by atoms with van der Waals surface area (Å²) in [7, 11) is 0. The minimum absolute atomic E-state index is 1.06. The molecule has 0 saturated heterocycles. The fourth-order valence-corrected chi connectivity index (χ4v) is 3.89. The molecule has 0 fully saturated rings. The maximum Gasteiger partial charge on any atom is 0.124 e. The summed E-state index contributed by atoms with van der Waals surface area (Å²) in [4.78, 5) is 6.21. The van der Waals surface area contributed by atoms with Crippen LogP contribution in [0.4, 0.5) is 0 Å². The lowest BCUT2D eigenvalue weighted by Crippen LogP contribution is -1.82. The van der Waals surface area contributed by atoms with Gasteiger partial charge in [0.2, 0.25) is 0 Å². The number of thiazole rings is 1. The Bertz CT molecular complexity index is 899. The molecule has 3 aromatic carbocycles. The Morgan fingerprint density at radius 3 is 1.96 bits per heavy atom. The van der Waals surface area contributed by atoms with E-state index in [0.717, 1.165) is 16.3 Å². The van der Waals surface area contributed by atoms with Gasteiger partial charge in [-0.05, 0) is 18.6 Å². The summed E-state index contributed by atoms with van der Waals surface area (Å²) in [6, 6.07) is 29.5. The van der Waals surface area contributed by atoms with Gasteiger partial charge in [-0.1, -0.05) is 84.4 Å². The van der Waals surface area contributed by atoms with Gasteiger partial charge < -0.3 is 0 Å². The summed E-state index contributed by atoms with van der Waals surface area (Å²) >= 11 is 1.76. The zero-order valence-electron chi connectivity index (χ0n) is 13.4. The fourth-order valence-electron chi connectivity index (χ4n) is 2.80. The summed E-state index contributed by atoms with van der Waals surface area (Å²) in [6.07, 6.45) is 0. The molecule has 1 nitrogen and oxygen atoms in total. The average molecular weight is 327 g/mol. The zero-order chi connectivity index (χ0) is 16.4. The van der Waals surface area contributed by atoms with Gasteiger partial charge in [0.1, 0.15) is 5.01 Å². The van der Waals surface area contributed by atoms with E-state index in [4.69, 9.17) is 4.98 Å². The second-order valence-electron chi connectivity index (χ2n) is 5.80. The quantitative estimate of drug-likeness (QED) is 0.421. The van der Waals surface area contributed by atoms with Crippen LogP contribution in [-0.4, -0.2) is 4.98 Å². The van der Waals surface area contributed by atoms with Crippen molar-refractivity contribution in [3.63, 3.8) is 0 Å². The molecule has 0 amide bonds. The van der Waals surface area contributed by atoms with Crippen LogP contribution in [0.15, 0.2) is 84.9 Å². The molecule has 0 aliphatic carbocycles. The molecule has 1 aromatic heterocycles. The molecule has 4 aromatic rings. The second kappa shape index (κ2) is 6.42. The highest BCUT2D eigenvalue weighted by molar-refractivity contribution is 7.19. The van der Waals surface area contributed by atoms with Crippen LogP contribution in [0.1, 0.15) is 5.56 Å². The summed E-state index contributed by atoms with van der Waals surface area (Å²) in [5, 5.41) is 1.07. The van der Waals surface area contributed by atoms with E-state index in [1.807, 2.05) is 12.1 Å². The van der Waals surface area contributed by atoms with E-state index in [0.29, 0.717) is 0 Å². The van der Waals surface area contributed by atoms with Gasteiger partial charge in [0.15, 0.2) is 0 Å². The SMILES string of the molecule is Cc1cccc(-c2nc(-c3ccccc3)c(-c3ccccc3)s2)c1. The van der Waals surface area contributed by atoms with Crippen molar-refractivity contribution < 1.29 is 0 Å². The van der Waals surface area contributed by atoms with Crippen LogP contribution in [0.25, 0.3) is 32.3 Å². The highest BCUT2D eigenvalue weighted by atomic mass is 32.1. The molecule has 0 spiro atoms. The Kier molecular flexibility index (Phi) is 3.97. The molecule has 0 saturated carbocycles. The summed E-state index contributed by atoms with van der Waals surface area (Å²) in [5.74, 6) is 0. The standard InChI is InChI=1S/C22H17NS/c1-16-9-8-14-19(15-16)22-23-20(17-10-4-2-5-11-17)21(24-22)18-12-6-3-7-13-18/h2-15H,1H3. The number of rotatable bonds is 3. The van der Waals surface area contributed by atoms with Crippen molar-refractivity contribution in [2.24, 2.45) is 0 Å². The van der Waals surface area contributed by atoms with Gasteiger partial charge >= 0.3 is 0 Å². The Morgan fingerprint density at radius 1 is 0.667 bits per heavy atom. The van der Waals surface area contributed by atoms with Gasteiger partial charge in [0.25, 0.3) is 0 Å². The number of aryl methyl sites for hydroxylation is 1. The fraction of sp³-hybridized carbons (Fsp3) is 0.0455. The van der Waals surface area contributed by atoms with E-state index >= 15 is 0 Å². The maximum absolute atomic E-state index is 4.99. The monoisotopic (exact) mass is 327 g/mol. The topological polar surface area (TPSA) is 12.9 Å². The largest absolute Gasteiger partial charge is 0.235 e. The van der Waals surface area contributed by atoms with Crippen molar-refractivity contribution in [2.75, 3.05) is 0 Å². The van der Waals surface area contributed by atoms with Crippen molar-refractivity contribution in [2.45, 2.75) is 6.92 Å². The third-order valence-corrected chi connectivity index (χ3v) is 5.13. The molecule has 0 aliphatic heterocycles. The number of aromatic nitrogens is 1. The summed E-state index contributed by atoms with van der Waals surface area (Å²) in [6.45, 7) is 2.12. The van der Waals surface area contributed by atoms with Crippen LogP contribution in [0.5, 0.6) is 0 Å². The molecular formula is C22H17NS. The van der Waals surface area contributed by atoms with Crippen LogP contribution >= 0.6 is 11.3 Å². The molecule has 4 rings (SSSR count). The Hall–Kier alpha value is -2.71. The Balaban J connectivity index is 1.91. The third-order valence-electron chi connectivity index (χ3n) is 3.98. The van der Waals surface area contributed by atoms with Gasteiger partial charge in [-0.15, -0.1) is 11.3 Å². The minimum atomic E-state index is 1.06. The molecule has 0 atom stereocenters. The lowest BCUT2D eigenvalue weighted by atomic mass is 10.1. The van der Waals surface area contributed by atoms with Crippen molar-refractivity contribution in [1.82, 2.24) is 4.98 Å². The number of nitrogens with zero attached hydrogens (tertiary/aromatic N) is 1. The first kappa shape index (κ1) is 14.9. The Labute approximate surface area is 146 Å². The van der Waals surface area contributed by atoms with Gasteiger partial charge in [0, 0.05) is 11.1 Å². The molecule has 0 N–H and O–H groups in total. The lowest BCUT2D eigenvalue weighted by Gasteiger charge is -2.02. The van der Waals surface area contributed by atoms with E-state index in [-0.39, 0.29) is 0 Å². The normalized spacial score (nSPS) is 10.7. The van der Waals surface area contributed by atoms with Crippen molar-refractivity contribution in [1.29, 1.82) is 0 Å². The van der Waals surface area contributed by atoms with Gasteiger partial charge in [0.05, 0.1) is 10.6 Å². The first-order valence-electron chi connectivity index (χ1n) is 8.00. The van der Waals surface area contributed by atoms with Crippen molar-refractivity contribution in [3.05, 3.63) is 90.5 Å². The number of hydrogen-bond acceptors (Lipinski definition) is 2. The van der Waals surface area contributed by atoms with Crippen molar-refractivity contribution >= 4 is 11.3 Å². The molecular weight excluding hydrogens is 310 g/mol. The number of benzene rings is 3. The van der Waals surface area contributed by atoms with Gasteiger partial charge in [-0.25, -0.2) is 4.98 Å². The molecule has 1 heterocycles. The summed E-state index contributed by atoms with van der Waals surface area (Å²) < 4.78 is 0. The van der Waals surface area contributed by atoms with Crippen LogP contribution in [-0.2, 0) is 0 Å². The van der Waals surface area contributed by atoms with E-state index in [1.165, 1.54) is 21.6 Å². The molecule has 116 valence electrons. The van der Waals surface area contributed by atoms with Crippen LogP contribution < -0.4 is 0 Å². The molecule has 0 bridgehead atoms. The predicted octanol–water partition coefficient (Wildman–Crippen LogP) is 6.45. The molecule has 0 radical (unpaired) electrons. The minimum Gasteiger partial charge on any atom is -0.235 e. The van der Waals surface area contributed by atoms with E-state index in [1.54, 1.807) is 11.3 Å². The predicted molar refractivity (Wildman–Crippen MR) is 103 cm³/mol. The first-order chi connectivity index (χ1) is 11.8.